The van der Waals surface area contributed by atoms with Crippen molar-refractivity contribution < 1.29 is 5.11 Å². The molecule has 23 heavy (non-hydrogen) atoms. The summed E-state index contributed by atoms with van der Waals surface area (Å²) in [4.78, 5) is 18.9. The Morgan fingerprint density at radius 1 is 1.13 bits per heavy atom. The predicted octanol–water partition coefficient (Wildman–Crippen LogP) is 2.00. The SMILES string of the molecule is Cc1cccc2nc(CN(CCO)c3ccccc3)cc(=O)n12. The first-order chi connectivity index (χ1) is 11.2. The van der Waals surface area contributed by atoms with E-state index >= 15 is 0 Å². The third-order valence-corrected chi connectivity index (χ3v) is 3.78. The number of aryl methyl sites for hydroxylation is 1. The van der Waals surface area contributed by atoms with E-state index in [1.807, 2.05) is 60.4 Å². The van der Waals surface area contributed by atoms with Crippen LogP contribution in [0.15, 0.2) is 59.4 Å². The predicted molar refractivity (Wildman–Crippen MR) is 90.8 cm³/mol. The highest BCUT2D eigenvalue weighted by molar-refractivity contribution is 5.47. The summed E-state index contributed by atoms with van der Waals surface area (Å²) in [5.41, 5.74) is 3.11. The Morgan fingerprint density at radius 3 is 2.65 bits per heavy atom. The number of aliphatic hydroxyl groups excluding tert-OH is 1. The summed E-state index contributed by atoms with van der Waals surface area (Å²) in [5.74, 6) is 0. The Morgan fingerprint density at radius 2 is 1.91 bits per heavy atom. The molecule has 0 atom stereocenters. The maximum Gasteiger partial charge on any atom is 0.258 e. The molecule has 3 aromatic rings. The van der Waals surface area contributed by atoms with E-state index in [2.05, 4.69) is 4.98 Å². The fraction of sp³-hybridized carbons (Fsp3) is 0.222. The van der Waals surface area contributed by atoms with Crippen molar-refractivity contribution in [1.29, 1.82) is 0 Å². The van der Waals surface area contributed by atoms with E-state index < -0.39 is 0 Å². The number of hydrogen-bond donors (Lipinski definition) is 1. The molecule has 0 bridgehead atoms. The lowest BCUT2D eigenvalue weighted by molar-refractivity contribution is 0.301. The van der Waals surface area contributed by atoms with Crippen molar-refractivity contribution in [1.82, 2.24) is 9.38 Å². The minimum absolute atomic E-state index is 0.0422. The van der Waals surface area contributed by atoms with Crippen LogP contribution in [-0.4, -0.2) is 27.6 Å². The van der Waals surface area contributed by atoms with E-state index in [-0.39, 0.29) is 12.2 Å². The number of para-hydroxylation sites is 1. The van der Waals surface area contributed by atoms with Crippen LogP contribution >= 0.6 is 0 Å². The van der Waals surface area contributed by atoms with Crippen molar-refractivity contribution in [3.63, 3.8) is 0 Å². The third kappa shape index (κ3) is 3.24. The van der Waals surface area contributed by atoms with Crippen LogP contribution in [0.2, 0.25) is 0 Å². The standard InChI is InChI=1S/C18H19N3O2/c1-14-6-5-9-17-19-15(12-18(23)21(14)17)13-20(10-11-22)16-7-3-2-4-8-16/h2-9,12,22H,10-11,13H2,1H3. The largest absolute Gasteiger partial charge is 0.395 e. The van der Waals surface area contributed by atoms with Gasteiger partial charge in [-0.3, -0.25) is 9.20 Å². The van der Waals surface area contributed by atoms with E-state index in [0.717, 1.165) is 11.4 Å². The average Bonchev–Trinajstić information content (AvgIpc) is 2.55. The van der Waals surface area contributed by atoms with Gasteiger partial charge in [0.15, 0.2) is 0 Å². The highest BCUT2D eigenvalue weighted by Crippen LogP contribution is 2.15. The van der Waals surface area contributed by atoms with Gasteiger partial charge in [-0.15, -0.1) is 0 Å². The monoisotopic (exact) mass is 309 g/mol. The lowest BCUT2D eigenvalue weighted by Gasteiger charge is -2.23. The lowest BCUT2D eigenvalue weighted by Crippen LogP contribution is -2.28. The first-order valence-corrected chi connectivity index (χ1v) is 7.58. The first-order valence-electron chi connectivity index (χ1n) is 7.58. The molecule has 0 aliphatic heterocycles. The molecule has 5 heteroatoms. The van der Waals surface area contributed by atoms with Crippen LogP contribution in [0.3, 0.4) is 0 Å². The van der Waals surface area contributed by atoms with Crippen molar-refractivity contribution in [2.45, 2.75) is 13.5 Å². The molecule has 0 radical (unpaired) electrons. The molecule has 0 saturated carbocycles. The summed E-state index contributed by atoms with van der Waals surface area (Å²) in [7, 11) is 0. The number of pyridine rings is 1. The second-order valence-corrected chi connectivity index (χ2v) is 5.43. The zero-order valence-electron chi connectivity index (χ0n) is 13.0. The van der Waals surface area contributed by atoms with Gasteiger partial charge in [0.2, 0.25) is 0 Å². The minimum Gasteiger partial charge on any atom is -0.395 e. The summed E-state index contributed by atoms with van der Waals surface area (Å²) < 4.78 is 1.60. The molecule has 2 aromatic heterocycles. The van der Waals surface area contributed by atoms with E-state index in [1.54, 1.807) is 10.5 Å². The molecular weight excluding hydrogens is 290 g/mol. The normalized spacial score (nSPS) is 10.9. The summed E-state index contributed by atoms with van der Waals surface area (Å²) in [6.07, 6.45) is 0. The van der Waals surface area contributed by atoms with Gasteiger partial charge in [-0.1, -0.05) is 24.3 Å². The van der Waals surface area contributed by atoms with Crippen molar-refractivity contribution in [3.8, 4) is 0 Å². The van der Waals surface area contributed by atoms with Gasteiger partial charge in [-0.05, 0) is 31.2 Å². The van der Waals surface area contributed by atoms with Gasteiger partial charge in [0.25, 0.3) is 5.56 Å². The van der Waals surface area contributed by atoms with Crippen molar-refractivity contribution in [3.05, 3.63) is 76.3 Å². The molecule has 0 amide bonds. The molecule has 0 aliphatic rings. The average molecular weight is 309 g/mol. The molecule has 118 valence electrons. The van der Waals surface area contributed by atoms with Crippen molar-refractivity contribution >= 4 is 11.3 Å². The fourth-order valence-corrected chi connectivity index (χ4v) is 2.70. The molecule has 0 aliphatic carbocycles. The van der Waals surface area contributed by atoms with Crippen LogP contribution in [0.4, 0.5) is 5.69 Å². The summed E-state index contributed by atoms with van der Waals surface area (Å²) >= 11 is 0. The highest BCUT2D eigenvalue weighted by atomic mass is 16.3. The molecule has 1 aromatic carbocycles. The topological polar surface area (TPSA) is 57.8 Å². The van der Waals surface area contributed by atoms with E-state index in [9.17, 15) is 9.90 Å². The molecule has 0 unspecified atom stereocenters. The van der Waals surface area contributed by atoms with E-state index in [0.29, 0.717) is 24.4 Å². The maximum atomic E-state index is 12.4. The molecule has 0 saturated heterocycles. The van der Waals surface area contributed by atoms with Gasteiger partial charge >= 0.3 is 0 Å². The Kier molecular flexibility index (Phi) is 4.39. The lowest BCUT2D eigenvalue weighted by atomic mass is 10.2. The summed E-state index contributed by atoms with van der Waals surface area (Å²) in [6.45, 7) is 2.89. The number of aromatic nitrogens is 2. The van der Waals surface area contributed by atoms with Crippen LogP contribution in [0.25, 0.3) is 5.65 Å². The summed E-state index contributed by atoms with van der Waals surface area (Å²) in [6, 6.07) is 17.0. The number of rotatable bonds is 5. The van der Waals surface area contributed by atoms with Crippen LogP contribution in [-0.2, 0) is 6.54 Å². The first kappa shape index (κ1) is 15.2. The Labute approximate surface area is 134 Å². The van der Waals surface area contributed by atoms with Gasteiger partial charge in [-0.2, -0.15) is 0 Å². The molecule has 0 fully saturated rings. The minimum atomic E-state index is -0.0832. The zero-order chi connectivity index (χ0) is 16.2. The fourth-order valence-electron chi connectivity index (χ4n) is 2.70. The number of aliphatic hydroxyl groups is 1. The Hall–Kier alpha value is -2.66. The van der Waals surface area contributed by atoms with Gasteiger partial charge in [0.1, 0.15) is 5.65 Å². The van der Waals surface area contributed by atoms with E-state index in [1.165, 1.54) is 0 Å². The quantitative estimate of drug-likeness (QED) is 0.783. The number of fused-ring (bicyclic) bond motifs is 1. The molecule has 3 rings (SSSR count). The van der Waals surface area contributed by atoms with Crippen LogP contribution in [0, 0.1) is 6.92 Å². The molecule has 2 heterocycles. The zero-order valence-corrected chi connectivity index (χ0v) is 13.0. The van der Waals surface area contributed by atoms with Gasteiger partial charge in [0, 0.05) is 24.0 Å². The Bertz CT molecular complexity index is 859. The maximum absolute atomic E-state index is 12.4. The third-order valence-electron chi connectivity index (χ3n) is 3.78. The second kappa shape index (κ2) is 6.62. The Balaban J connectivity index is 1.98. The molecular formula is C18H19N3O2. The van der Waals surface area contributed by atoms with Crippen molar-refractivity contribution in [2.75, 3.05) is 18.1 Å². The van der Waals surface area contributed by atoms with Crippen LogP contribution in [0.5, 0.6) is 0 Å². The van der Waals surface area contributed by atoms with Gasteiger partial charge in [-0.25, -0.2) is 4.98 Å². The van der Waals surface area contributed by atoms with E-state index in [4.69, 9.17) is 0 Å². The van der Waals surface area contributed by atoms with Gasteiger partial charge < -0.3 is 10.0 Å². The molecule has 1 N–H and O–H groups in total. The van der Waals surface area contributed by atoms with Crippen LogP contribution in [0.1, 0.15) is 11.4 Å². The smallest absolute Gasteiger partial charge is 0.258 e. The number of anilines is 1. The number of nitrogens with zero attached hydrogens (tertiary/aromatic N) is 3. The van der Waals surface area contributed by atoms with Crippen LogP contribution < -0.4 is 10.5 Å². The summed E-state index contributed by atoms with van der Waals surface area (Å²) in [5, 5.41) is 9.31. The molecule has 5 nitrogen and oxygen atoms in total. The number of benzene rings is 1. The van der Waals surface area contributed by atoms with Crippen molar-refractivity contribution in [2.24, 2.45) is 0 Å². The second-order valence-electron chi connectivity index (χ2n) is 5.43. The van der Waals surface area contributed by atoms with Gasteiger partial charge in [0.05, 0.1) is 18.8 Å². The number of hydrogen-bond acceptors (Lipinski definition) is 4. The molecule has 0 spiro atoms. The highest BCUT2D eigenvalue weighted by Gasteiger charge is 2.10.